The van der Waals surface area contributed by atoms with E-state index in [9.17, 15) is 13.6 Å². The lowest BCUT2D eigenvalue weighted by Crippen LogP contribution is -2.10. The first kappa shape index (κ1) is 11.8. The maximum Gasteiger partial charge on any atom is 0.354 e. The van der Waals surface area contributed by atoms with Gasteiger partial charge in [-0.2, -0.15) is 0 Å². The zero-order valence-electron chi connectivity index (χ0n) is 7.38. The van der Waals surface area contributed by atoms with Crippen LogP contribution in [-0.4, -0.2) is 16.1 Å². The molecule has 1 aromatic rings. The van der Waals surface area contributed by atoms with Crippen LogP contribution in [0.1, 0.15) is 28.0 Å². The molecule has 0 unspecified atom stereocenters. The van der Waals surface area contributed by atoms with E-state index in [1.807, 2.05) is 0 Å². The highest BCUT2D eigenvalue weighted by Crippen LogP contribution is 2.29. The molecule has 0 fully saturated rings. The first-order chi connectivity index (χ1) is 6.99. The predicted octanol–water partition coefficient (Wildman–Crippen LogP) is 2.19. The molecule has 3 N–H and O–H groups in total. The van der Waals surface area contributed by atoms with Crippen LogP contribution in [0.5, 0.6) is 0 Å². The van der Waals surface area contributed by atoms with Crippen molar-refractivity contribution in [2.75, 3.05) is 5.73 Å². The highest BCUT2D eigenvalue weighted by atomic mass is 79.9. The van der Waals surface area contributed by atoms with Gasteiger partial charge in [-0.05, 0) is 0 Å². The molecule has 1 heterocycles. The highest BCUT2D eigenvalue weighted by molar-refractivity contribution is 9.08. The van der Waals surface area contributed by atoms with E-state index < -0.39 is 18.0 Å². The summed E-state index contributed by atoms with van der Waals surface area (Å²) >= 11 is 2.98. The lowest BCUT2D eigenvalue weighted by molar-refractivity contribution is 0.0689. The van der Waals surface area contributed by atoms with E-state index in [0.717, 1.165) is 6.20 Å². The first-order valence-corrected chi connectivity index (χ1v) is 4.95. The number of nitrogen functional groups attached to an aromatic ring is 1. The monoisotopic (exact) mass is 280 g/mol. The Labute approximate surface area is 92.2 Å². The molecule has 15 heavy (non-hydrogen) atoms. The summed E-state index contributed by atoms with van der Waals surface area (Å²) in [6.45, 7) is 0. The van der Waals surface area contributed by atoms with E-state index in [1.165, 1.54) is 0 Å². The minimum Gasteiger partial charge on any atom is -0.477 e. The zero-order chi connectivity index (χ0) is 11.6. The molecular formula is C8H7BrF2N2O2. The van der Waals surface area contributed by atoms with E-state index in [2.05, 4.69) is 20.9 Å². The number of halogens is 3. The van der Waals surface area contributed by atoms with Crippen LogP contribution in [-0.2, 0) is 5.33 Å². The molecule has 0 aliphatic carbocycles. The number of nitrogens with zero attached hydrogens (tertiary/aromatic N) is 1. The predicted molar refractivity (Wildman–Crippen MR) is 53.2 cm³/mol. The van der Waals surface area contributed by atoms with Gasteiger partial charge in [-0.3, -0.25) is 0 Å². The van der Waals surface area contributed by atoms with Crippen molar-refractivity contribution >= 4 is 27.6 Å². The van der Waals surface area contributed by atoms with Gasteiger partial charge in [-0.25, -0.2) is 18.6 Å². The third kappa shape index (κ3) is 2.23. The Balaban J connectivity index is 3.39. The van der Waals surface area contributed by atoms with Crippen LogP contribution in [0.25, 0.3) is 0 Å². The van der Waals surface area contributed by atoms with Gasteiger partial charge in [0.15, 0.2) is 5.69 Å². The van der Waals surface area contributed by atoms with Crippen molar-refractivity contribution in [2.24, 2.45) is 0 Å². The second-order valence-electron chi connectivity index (χ2n) is 2.69. The van der Waals surface area contributed by atoms with Gasteiger partial charge in [0, 0.05) is 22.8 Å². The molecule has 0 aliphatic heterocycles. The molecule has 4 nitrogen and oxygen atoms in total. The summed E-state index contributed by atoms with van der Waals surface area (Å²) in [5, 5.41) is 8.79. The summed E-state index contributed by atoms with van der Waals surface area (Å²) in [6.07, 6.45) is -1.98. The topological polar surface area (TPSA) is 76.2 Å². The smallest absolute Gasteiger partial charge is 0.354 e. The molecule has 0 bridgehead atoms. The number of pyridine rings is 1. The minimum atomic E-state index is -2.77. The van der Waals surface area contributed by atoms with Gasteiger partial charge in [0.1, 0.15) is 0 Å². The summed E-state index contributed by atoms with van der Waals surface area (Å²) in [4.78, 5) is 14.1. The van der Waals surface area contributed by atoms with Crippen LogP contribution in [0, 0.1) is 0 Å². The molecule has 1 aromatic heterocycles. The normalized spacial score (nSPS) is 10.7. The Morgan fingerprint density at radius 2 is 2.27 bits per heavy atom. The van der Waals surface area contributed by atoms with Crippen LogP contribution in [0.15, 0.2) is 6.20 Å². The van der Waals surface area contributed by atoms with E-state index >= 15 is 0 Å². The molecule has 0 radical (unpaired) electrons. The summed E-state index contributed by atoms with van der Waals surface area (Å²) in [5.41, 5.74) is 4.50. The van der Waals surface area contributed by atoms with Crippen LogP contribution in [0.3, 0.4) is 0 Å². The molecule has 0 saturated heterocycles. The fourth-order valence-electron chi connectivity index (χ4n) is 1.08. The van der Waals surface area contributed by atoms with E-state index in [-0.39, 0.29) is 22.3 Å². The van der Waals surface area contributed by atoms with Gasteiger partial charge in [0.05, 0.1) is 5.56 Å². The van der Waals surface area contributed by atoms with Gasteiger partial charge in [0.25, 0.3) is 6.43 Å². The SMILES string of the molecule is Nc1c(C(F)F)cnc(C(=O)O)c1CBr. The molecule has 0 aliphatic rings. The average molecular weight is 281 g/mol. The number of carboxylic acids is 1. The van der Waals surface area contributed by atoms with Gasteiger partial charge < -0.3 is 10.8 Å². The second-order valence-corrected chi connectivity index (χ2v) is 3.25. The largest absolute Gasteiger partial charge is 0.477 e. The lowest BCUT2D eigenvalue weighted by Gasteiger charge is -2.10. The third-order valence-electron chi connectivity index (χ3n) is 1.83. The van der Waals surface area contributed by atoms with Crippen molar-refractivity contribution in [2.45, 2.75) is 11.8 Å². The Morgan fingerprint density at radius 1 is 1.67 bits per heavy atom. The van der Waals surface area contributed by atoms with Crippen molar-refractivity contribution in [1.29, 1.82) is 0 Å². The van der Waals surface area contributed by atoms with Gasteiger partial charge in [-0.1, -0.05) is 15.9 Å². The number of hydrogen-bond donors (Lipinski definition) is 2. The van der Waals surface area contributed by atoms with Crippen molar-refractivity contribution in [3.63, 3.8) is 0 Å². The number of aromatic carboxylic acids is 1. The summed E-state index contributed by atoms with van der Waals surface area (Å²) in [6, 6.07) is 0. The van der Waals surface area contributed by atoms with Crippen LogP contribution in [0.2, 0.25) is 0 Å². The molecule has 0 amide bonds. The fourth-order valence-corrected chi connectivity index (χ4v) is 1.64. The summed E-state index contributed by atoms with van der Waals surface area (Å²) in [5.74, 6) is -1.29. The van der Waals surface area contributed by atoms with Crippen molar-refractivity contribution in [3.8, 4) is 0 Å². The van der Waals surface area contributed by atoms with Gasteiger partial charge in [-0.15, -0.1) is 0 Å². The molecule has 0 saturated carbocycles. The average Bonchev–Trinajstić information content (AvgIpc) is 2.16. The third-order valence-corrected chi connectivity index (χ3v) is 2.39. The van der Waals surface area contributed by atoms with E-state index in [4.69, 9.17) is 10.8 Å². The van der Waals surface area contributed by atoms with Crippen LogP contribution in [0.4, 0.5) is 14.5 Å². The molecule has 82 valence electrons. The minimum absolute atomic E-state index is 0.0635. The number of carboxylic acid groups (broad SMARTS) is 1. The number of aromatic nitrogens is 1. The van der Waals surface area contributed by atoms with Crippen molar-refractivity contribution in [1.82, 2.24) is 4.98 Å². The van der Waals surface area contributed by atoms with E-state index in [1.54, 1.807) is 0 Å². The standard InChI is InChI=1S/C8H7BrF2N2O2/c9-1-3-5(12)4(7(10)11)2-13-6(3)8(14)15/h2,7H,1H2,(H2,12,13)(H,14,15). The Bertz CT molecular complexity index is 398. The van der Waals surface area contributed by atoms with E-state index in [0.29, 0.717) is 0 Å². The number of rotatable bonds is 3. The Morgan fingerprint density at radius 3 is 2.67 bits per heavy atom. The van der Waals surface area contributed by atoms with Crippen LogP contribution < -0.4 is 5.73 Å². The maximum absolute atomic E-state index is 12.4. The van der Waals surface area contributed by atoms with Crippen LogP contribution >= 0.6 is 15.9 Å². The summed E-state index contributed by atoms with van der Waals surface area (Å²) in [7, 11) is 0. The number of nitrogens with two attached hydrogens (primary N) is 1. The lowest BCUT2D eigenvalue weighted by atomic mass is 10.1. The quantitative estimate of drug-likeness (QED) is 0.833. The molecule has 0 atom stereocenters. The molecular weight excluding hydrogens is 274 g/mol. The fraction of sp³-hybridized carbons (Fsp3) is 0.250. The zero-order valence-corrected chi connectivity index (χ0v) is 8.96. The second kappa shape index (κ2) is 4.52. The summed E-state index contributed by atoms with van der Waals surface area (Å²) < 4.78 is 24.8. The van der Waals surface area contributed by atoms with Gasteiger partial charge in [0.2, 0.25) is 0 Å². The molecule has 1 rings (SSSR count). The number of alkyl halides is 3. The molecule has 0 aromatic carbocycles. The highest BCUT2D eigenvalue weighted by Gasteiger charge is 2.20. The first-order valence-electron chi connectivity index (χ1n) is 3.83. The Kier molecular flexibility index (Phi) is 3.57. The molecule has 0 spiro atoms. The molecule has 7 heteroatoms. The van der Waals surface area contributed by atoms with Gasteiger partial charge >= 0.3 is 5.97 Å². The number of anilines is 1. The number of hydrogen-bond acceptors (Lipinski definition) is 3. The number of carbonyl (C=O) groups is 1. The van der Waals surface area contributed by atoms with Crippen molar-refractivity contribution < 1.29 is 18.7 Å². The maximum atomic E-state index is 12.4. The Hall–Kier alpha value is -1.24. The van der Waals surface area contributed by atoms with Crippen molar-refractivity contribution in [3.05, 3.63) is 23.0 Å².